The molecule has 0 nitrogen and oxygen atoms in total. The van der Waals surface area contributed by atoms with Crippen molar-refractivity contribution in [2.24, 2.45) is 0 Å². The molecule has 0 heterocycles. The van der Waals surface area contributed by atoms with E-state index < -0.39 is 0 Å². The van der Waals surface area contributed by atoms with Gasteiger partial charge < -0.3 is 0 Å². The van der Waals surface area contributed by atoms with E-state index in [1.54, 1.807) is 0 Å². The van der Waals surface area contributed by atoms with Gasteiger partial charge in [0.15, 0.2) is 0 Å². The Hall–Kier alpha value is 0.0896. The second-order valence-corrected chi connectivity index (χ2v) is 4.59. The molecule has 0 fully saturated rings. The maximum atomic E-state index is 5.03. The van der Waals surface area contributed by atoms with Crippen molar-refractivity contribution in [2.75, 3.05) is 0 Å². The van der Waals surface area contributed by atoms with Crippen LogP contribution >= 0.6 is 0 Å². The first-order valence-electron chi connectivity index (χ1n) is 3.14. The molecule has 0 spiro atoms. The summed E-state index contributed by atoms with van der Waals surface area (Å²) in [5, 5.41) is 0. The number of allylic oxidation sites excluding steroid dienone is 1. The van der Waals surface area contributed by atoms with E-state index in [9.17, 15) is 0 Å². The van der Waals surface area contributed by atoms with E-state index >= 15 is 0 Å². The van der Waals surface area contributed by atoms with E-state index in [1.807, 2.05) is 6.08 Å². The summed E-state index contributed by atoms with van der Waals surface area (Å²) in [5.41, 5.74) is 0. The first-order chi connectivity index (χ1) is 4.41. The van der Waals surface area contributed by atoms with Gasteiger partial charge in [-0.2, -0.15) is 0 Å². The van der Waals surface area contributed by atoms with Crippen molar-refractivity contribution >= 4 is 20.9 Å². The molecule has 0 amide bonds. The Morgan fingerprint density at radius 3 is 3.00 bits per heavy atom. The fourth-order valence-electron chi connectivity index (χ4n) is 0.383. The SMILES string of the molecule is C#C/C=C\[Te]CCCC. The Bertz CT molecular complexity index is 108. The summed E-state index contributed by atoms with van der Waals surface area (Å²) in [5.74, 6) is 2.50. The molecule has 0 N–H and O–H groups in total. The van der Waals surface area contributed by atoms with Crippen molar-refractivity contribution in [1.29, 1.82) is 0 Å². The zero-order chi connectivity index (χ0) is 6.95. The van der Waals surface area contributed by atoms with Crippen LogP contribution in [0.25, 0.3) is 0 Å². The van der Waals surface area contributed by atoms with Crippen LogP contribution in [0.1, 0.15) is 19.8 Å². The molecule has 0 aromatic heterocycles. The second kappa shape index (κ2) is 8.09. The van der Waals surface area contributed by atoms with Crippen molar-refractivity contribution in [3.05, 3.63) is 10.2 Å². The van der Waals surface area contributed by atoms with Gasteiger partial charge >= 0.3 is 67.7 Å². The average Bonchev–Trinajstić information content (AvgIpc) is 1.89. The molecule has 0 aliphatic heterocycles. The van der Waals surface area contributed by atoms with Crippen LogP contribution < -0.4 is 0 Å². The predicted octanol–water partition coefficient (Wildman–Crippen LogP) is 2.06. The number of rotatable bonds is 4. The molecule has 50 valence electrons. The summed E-state index contributed by atoms with van der Waals surface area (Å²) >= 11 is 0.135. The molecule has 9 heavy (non-hydrogen) atoms. The van der Waals surface area contributed by atoms with Crippen LogP contribution in [-0.2, 0) is 0 Å². The van der Waals surface area contributed by atoms with Gasteiger partial charge in [-0.1, -0.05) is 0 Å². The molecule has 0 atom stereocenters. The molecule has 0 unspecified atom stereocenters. The first-order valence-corrected chi connectivity index (χ1v) is 6.14. The molecule has 0 bridgehead atoms. The Balaban J connectivity index is 2.93. The van der Waals surface area contributed by atoms with Crippen molar-refractivity contribution in [2.45, 2.75) is 24.2 Å². The number of hydrogen-bond donors (Lipinski definition) is 0. The topological polar surface area (TPSA) is 0 Å². The fourth-order valence-corrected chi connectivity index (χ4v) is 2.57. The Morgan fingerprint density at radius 1 is 1.67 bits per heavy atom. The zero-order valence-electron chi connectivity index (χ0n) is 5.76. The van der Waals surface area contributed by atoms with Gasteiger partial charge in [-0.25, -0.2) is 0 Å². The van der Waals surface area contributed by atoms with Gasteiger partial charge in [0.25, 0.3) is 0 Å². The summed E-state index contributed by atoms with van der Waals surface area (Å²) in [7, 11) is 0. The molecular formula is C8H12Te. The predicted molar refractivity (Wildman–Crippen MR) is 43.4 cm³/mol. The van der Waals surface area contributed by atoms with Crippen molar-refractivity contribution in [1.82, 2.24) is 0 Å². The zero-order valence-corrected chi connectivity index (χ0v) is 8.09. The number of terminal acetylenes is 1. The molecule has 0 saturated carbocycles. The van der Waals surface area contributed by atoms with Crippen LogP contribution in [0, 0.1) is 12.3 Å². The molecule has 0 rings (SSSR count). The molecular weight excluding hydrogens is 224 g/mol. The molecule has 0 aromatic rings. The van der Waals surface area contributed by atoms with E-state index in [0.29, 0.717) is 0 Å². The fraction of sp³-hybridized carbons (Fsp3) is 0.500. The van der Waals surface area contributed by atoms with Crippen molar-refractivity contribution in [3.63, 3.8) is 0 Å². The van der Waals surface area contributed by atoms with Crippen LogP contribution in [0.15, 0.2) is 10.2 Å². The van der Waals surface area contributed by atoms with Gasteiger partial charge in [-0.05, 0) is 0 Å². The Kier molecular flexibility index (Phi) is 8.17. The van der Waals surface area contributed by atoms with Crippen LogP contribution in [0.5, 0.6) is 0 Å². The summed E-state index contributed by atoms with van der Waals surface area (Å²) in [6.45, 7) is 2.22. The summed E-state index contributed by atoms with van der Waals surface area (Å²) < 4.78 is 3.58. The quantitative estimate of drug-likeness (QED) is 0.398. The van der Waals surface area contributed by atoms with Gasteiger partial charge in [-0.3, -0.25) is 0 Å². The third kappa shape index (κ3) is 8.09. The van der Waals surface area contributed by atoms with Gasteiger partial charge in [0, 0.05) is 0 Å². The van der Waals surface area contributed by atoms with E-state index in [1.165, 1.54) is 17.3 Å². The van der Waals surface area contributed by atoms with Gasteiger partial charge in [0.05, 0.1) is 0 Å². The molecule has 0 radical (unpaired) electrons. The molecule has 0 aromatic carbocycles. The van der Waals surface area contributed by atoms with Gasteiger partial charge in [0.2, 0.25) is 0 Å². The third-order valence-electron chi connectivity index (χ3n) is 0.876. The summed E-state index contributed by atoms with van der Waals surface area (Å²) in [6.07, 6.45) is 9.54. The van der Waals surface area contributed by atoms with Crippen LogP contribution in [0.2, 0.25) is 4.47 Å². The molecule has 0 aliphatic rings. The Morgan fingerprint density at radius 2 is 2.44 bits per heavy atom. The average molecular weight is 236 g/mol. The van der Waals surface area contributed by atoms with Crippen LogP contribution in [0.4, 0.5) is 0 Å². The second-order valence-electron chi connectivity index (χ2n) is 1.69. The third-order valence-corrected chi connectivity index (χ3v) is 3.31. The number of unbranched alkanes of at least 4 members (excludes halogenated alkanes) is 1. The molecule has 1 heteroatoms. The summed E-state index contributed by atoms with van der Waals surface area (Å²) in [6, 6.07) is 0. The van der Waals surface area contributed by atoms with E-state index in [0.717, 1.165) is 0 Å². The van der Waals surface area contributed by atoms with E-state index in [-0.39, 0.29) is 20.9 Å². The van der Waals surface area contributed by atoms with E-state index in [4.69, 9.17) is 6.42 Å². The minimum atomic E-state index is 0.135. The molecule has 0 saturated heterocycles. The summed E-state index contributed by atoms with van der Waals surface area (Å²) in [4.78, 5) is 0. The number of hydrogen-bond acceptors (Lipinski definition) is 0. The van der Waals surface area contributed by atoms with Gasteiger partial charge in [0.1, 0.15) is 0 Å². The van der Waals surface area contributed by atoms with E-state index in [2.05, 4.69) is 17.0 Å². The normalized spacial score (nSPS) is 9.78. The molecule has 0 aliphatic carbocycles. The maximum absolute atomic E-state index is 5.03. The standard InChI is InChI=1S/C8H12Te/c1-3-5-7-9-8-6-4-2/h1,5,7H,4,6,8H2,2H3/b7-5-. The van der Waals surface area contributed by atoms with Crippen molar-refractivity contribution in [3.8, 4) is 12.3 Å². The van der Waals surface area contributed by atoms with Crippen LogP contribution in [-0.4, -0.2) is 20.9 Å². The van der Waals surface area contributed by atoms with Crippen LogP contribution in [0.3, 0.4) is 0 Å². The monoisotopic (exact) mass is 238 g/mol. The minimum absolute atomic E-state index is 0.135. The Labute approximate surface area is 67.8 Å². The van der Waals surface area contributed by atoms with Gasteiger partial charge in [-0.15, -0.1) is 0 Å². The first kappa shape index (κ1) is 9.09. The van der Waals surface area contributed by atoms with Crippen molar-refractivity contribution < 1.29 is 0 Å².